The van der Waals surface area contributed by atoms with E-state index in [-0.39, 0.29) is 16.0 Å². The van der Waals surface area contributed by atoms with Crippen LogP contribution in [0.3, 0.4) is 0 Å². The first-order valence-electron chi connectivity index (χ1n) is 4.79. The third kappa shape index (κ3) is 2.12. The van der Waals surface area contributed by atoms with Crippen LogP contribution in [0.1, 0.15) is 12.7 Å². The van der Waals surface area contributed by atoms with Crippen molar-refractivity contribution in [3.05, 3.63) is 39.9 Å². The van der Waals surface area contributed by atoms with Crippen molar-refractivity contribution in [1.82, 2.24) is 14.8 Å². The van der Waals surface area contributed by atoms with Crippen LogP contribution in [-0.2, 0) is 6.42 Å². The summed E-state index contributed by atoms with van der Waals surface area (Å²) in [7, 11) is 0. The van der Waals surface area contributed by atoms with Gasteiger partial charge in [0.15, 0.2) is 5.82 Å². The topological polar surface area (TPSA) is 30.7 Å². The normalized spacial score (nSPS) is 10.9. The molecule has 0 aliphatic heterocycles. The van der Waals surface area contributed by atoms with E-state index >= 15 is 0 Å². The second-order valence-electron chi connectivity index (χ2n) is 3.29. The fraction of sp³-hybridized carbons (Fsp3) is 0.200. The predicted octanol–water partition coefficient (Wildman–Crippen LogP) is 3.41. The van der Waals surface area contributed by atoms with Gasteiger partial charge < -0.3 is 0 Å². The predicted molar refractivity (Wildman–Crippen MR) is 60.7 cm³/mol. The van der Waals surface area contributed by atoms with Crippen molar-refractivity contribution in [3.8, 4) is 5.69 Å². The summed E-state index contributed by atoms with van der Waals surface area (Å²) in [5.41, 5.74) is -0.0417. The third-order valence-corrected chi connectivity index (χ3v) is 2.74. The molecule has 0 unspecified atom stereocenters. The number of benzene rings is 1. The first kappa shape index (κ1) is 12.3. The summed E-state index contributed by atoms with van der Waals surface area (Å²) in [6.45, 7) is 1.81. The summed E-state index contributed by atoms with van der Waals surface area (Å²) >= 11 is 11.6. The SMILES string of the molecule is CCc1nnc(Cl)n1-c1c(F)cc(F)cc1Cl. The molecule has 0 saturated heterocycles. The summed E-state index contributed by atoms with van der Waals surface area (Å²) in [6, 6.07) is 1.74. The van der Waals surface area contributed by atoms with Crippen LogP contribution in [-0.4, -0.2) is 14.8 Å². The van der Waals surface area contributed by atoms with Crippen LogP contribution in [0.15, 0.2) is 12.1 Å². The van der Waals surface area contributed by atoms with Crippen molar-refractivity contribution >= 4 is 23.2 Å². The molecule has 2 rings (SSSR count). The Hall–Kier alpha value is -1.20. The van der Waals surface area contributed by atoms with Crippen LogP contribution in [0.5, 0.6) is 0 Å². The van der Waals surface area contributed by atoms with Gasteiger partial charge in [-0.2, -0.15) is 0 Å². The highest BCUT2D eigenvalue weighted by Gasteiger charge is 2.18. The van der Waals surface area contributed by atoms with Crippen LogP contribution in [0.25, 0.3) is 5.69 Å². The molecule has 17 heavy (non-hydrogen) atoms. The number of halogens is 4. The van der Waals surface area contributed by atoms with E-state index in [1.807, 2.05) is 6.92 Å². The monoisotopic (exact) mass is 277 g/mol. The van der Waals surface area contributed by atoms with Crippen LogP contribution in [0.2, 0.25) is 10.3 Å². The highest BCUT2D eigenvalue weighted by molar-refractivity contribution is 6.33. The van der Waals surface area contributed by atoms with Gasteiger partial charge in [0.05, 0.1) is 5.02 Å². The van der Waals surface area contributed by atoms with Crippen molar-refractivity contribution < 1.29 is 8.78 Å². The van der Waals surface area contributed by atoms with Gasteiger partial charge in [0, 0.05) is 12.5 Å². The van der Waals surface area contributed by atoms with E-state index in [9.17, 15) is 8.78 Å². The molecule has 2 aromatic rings. The van der Waals surface area contributed by atoms with Gasteiger partial charge in [-0.1, -0.05) is 18.5 Å². The van der Waals surface area contributed by atoms with E-state index in [2.05, 4.69) is 10.2 Å². The smallest absolute Gasteiger partial charge is 0.229 e. The average molecular weight is 278 g/mol. The molecule has 3 nitrogen and oxygen atoms in total. The lowest BCUT2D eigenvalue weighted by Crippen LogP contribution is -2.04. The quantitative estimate of drug-likeness (QED) is 0.842. The number of hydrogen-bond donors (Lipinski definition) is 0. The summed E-state index contributed by atoms with van der Waals surface area (Å²) < 4.78 is 27.9. The lowest BCUT2D eigenvalue weighted by molar-refractivity contribution is 0.576. The molecular weight excluding hydrogens is 271 g/mol. The molecule has 0 amide bonds. The van der Waals surface area contributed by atoms with Gasteiger partial charge in [0.25, 0.3) is 0 Å². The van der Waals surface area contributed by atoms with E-state index in [0.717, 1.165) is 12.1 Å². The molecule has 0 atom stereocenters. The largest absolute Gasteiger partial charge is 0.265 e. The van der Waals surface area contributed by atoms with E-state index in [1.54, 1.807) is 0 Å². The molecule has 90 valence electrons. The molecule has 0 fully saturated rings. The maximum absolute atomic E-state index is 13.7. The molecule has 1 aromatic carbocycles. The Morgan fingerprint density at radius 1 is 1.24 bits per heavy atom. The molecule has 0 spiro atoms. The number of nitrogens with zero attached hydrogens (tertiary/aromatic N) is 3. The van der Waals surface area contributed by atoms with E-state index in [1.165, 1.54) is 4.57 Å². The zero-order chi connectivity index (χ0) is 12.6. The molecule has 0 aliphatic rings. The molecule has 0 aliphatic carbocycles. The van der Waals surface area contributed by atoms with Crippen molar-refractivity contribution in [3.63, 3.8) is 0 Å². The lowest BCUT2D eigenvalue weighted by Gasteiger charge is -2.10. The van der Waals surface area contributed by atoms with Gasteiger partial charge in [0.2, 0.25) is 5.28 Å². The Bertz CT molecular complexity index is 546. The standard InChI is InChI=1S/C10H7Cl2F2N3/c1-2-8-15-16-10(12)17(8)9-6(11)3-5(13)4-7(9)14/h3-4H,2H2,1H3. The highest BCUT2D eigenvalue weighted by atomic mass is 35.5. The van der Waals surface area contributed by atoms with Gasteiger partial charge in [0.1, 0.15) is 17.3 Å². The molecule has 0 radical (unpaired) electrons. The van der Waals surface area contributed by atoms with Crippen molar-refractivity contribution in [1.29, 1.82) is 0 Å². The van der Waals surface area contributed by atoms with Crippen LogP contribution < -0.4 is 0 Å². The second-order valence-corrected chi connectivity index (χ2v) is 4.04. The molecular formula is C10H7Cl2F2N3. The average Bonchev–Trinajstić information content (AvgIpc) is 2.59. The van der Waals surface area contributed by atoms with Crippen LogP contribution in [0.4, 0.5) is 8.78 Å². The summed E-state index contributed by atoms with van der Waals surface area (Å²) in [4.78, 5) is 0. The number of hydrogen-bond acceptors (Lipinski definition) is 2. The Kier molecular flexibility index (Phi) is 3.31. The van der Waals surface area contributed by atoms with Crippen LogP contribution >= 0.6 is 23.2 Å². The molecule has 7 heteroatoms. The Balaban J connectivity index is 2.72. The number of aromatic nitrogens is 3. The first-order valence-corrected chi connectivity index (χ1v) is 5.55. The van der Waals surface area contributed by atoms with Crippen molar-refractivity contribution in [2.24, 2.45) is 0 Å². The highest BCUT2D eigenvalue weighted by Crippen LogP contribution is 2.28. The zero-order valence-electron chi connectivity index (χ0n) is 8.72. The van der Waals surface area contributed by atoms with Gasteiger partial charge in [-0.05, 0) is 17.7 Å². The van der Waals surface area contributed by atoms with E-state index in [0.29, 0.717) is 12.2 Å². The van der Waals surface area contributed by atoms with E-state index in [4.69, 9.17) is 23.2 Å². The van der Waals surface area contributed by atoms with Gasteiger partial charge in [-0.3, -0.25) is 4.57 Å². The Morgan fingerprint density at radius 2 is 1.94 bits per heavy atom. The molecule has 1 heterocycles. The fourth-order valence-corrected chi connectivity index (χ4v) is 1.99. The molecule has 0 N–H and O–H groups in total. The zero-order valence-corrected chi connectivity index (χ0v) is 10.2. The van der Waals surface area contributed by atoms with Crippen molar-refractivity contribution in [2.75, 3.05) is 0 Å². The van der Waals surface area contributed by atoms with E-state index < -0.39 is 11.6 Å². The molecule has 1 aromatic heterocycles. The van der Waals surface area contributed by atoms with Gasteiger partial charge in [-0.15, -0.1) is 10.2 Å². The fourth-order valence-electron chi connectivity index (χ4n) is 1.49. The molecule has 0 bridgehead atoms. The minimum Gasteiger partial charge on any atom is -0.265 e. The molecule has 0 saturated carbocycles. The van der Waals surface area contributed by atoms with Gasteiger partial charge in [-0.25, -0.2) is 8.78 Å². The van der Waals surface area contributed by atoms with Crippen LogP contribution in [0, 0.1) is 11.6 Å². The number of rotatable bonds is 2. The summed E-state index contributed by atoms with van der Waals surface area (Å²) in [6.07, 6.45) is 0.493. The minimum atomic E-state index is -0.814. The maximum atomic E-state index is 13.7. The summed E-state index contributed by atoms with van der Waals surface area (Å²) in [5, 5.41) is 7.30. The first-order chi connectivity index (χ1) is 8.04. The van der Waals surface area contributed by atoms with Crippen molar-refractivity contribution in [2.45, 2.75) is 13.3 Å². The van der Waals surface area contributed by atoms with Gasteiger partial charge >= 0.3 is 0 Å². The summed E-state index contributed by atoms with van der Waals surface area (Å²) in [5.74, 6) is -1.12. The Morgan fingerprint density at radius 3 is 2.53 bits per heavy atom. The third-order valence-electron chi connectivity index (χ3n) is 2.21. The minimum absolute atomic E-state index is 0.0192. The second kappa shape index (κ2) is 4.58. The maximum Gasteiger partial charge on any atom is 0.229 e. The number of aryl methyl sites for hydroxylation is 1. The Labute approximate surface area is 106 Å². The lowest BCUT2D eigenvalue weighted by atomic mass is 10.3.